The summed E-state index contributed by atoms with van der Waals surface area (Å²) < 4.78 is 33.1. The van der Waals surface area contributed by atoms with Crippen molar-refractivity contribution in [2.75, 3.05) is 12.3 Å². The van der Waals surface area contributed by atoms with Crippen molar-refractivity contribution in [1.29, 1.82) is 0 Å². The lowest BCUT2D eigenvalue weighted by molar-refractivity contribution is -0.122. The van der Waals surface area contributed by atoms with Gasteiger partial charge >= 0.3 is 0 Å². The summed E-state index contributed by atoms with van der Waals surface area (Å²) in [5.74, 6) is 1.04. The molecule has 1 aromatic heterocycles. The van der Waals surface area contributed by atoms with Crippen molar-refractivity contribution in [1.82, 2.24) is 9.62 Å². The van der Waals surface area contributed by atoms with Crippen LogP contribution in [0.4, 0.5) is 0 Å². The van der Waals surface area contributed by atoms with Gasteiger partial charge in [-0.1, -0.05) is 35.9 Å². The van der Waals surface area contributed by atoms with Gasteiger partial charge in [0.05, 0.1) is 30.3 Å². The zero-order valence-corrected chi connectivity index (χ0v) is 18.8. The molecule has 1 amide bonds. The highest BCUT2D eigenvalue weighted by molar-refractivity contribution is 7.99. The van der Waals surface area contributed by atoms with E-state index in [2.05, 4.69) is 5.32 Å². The molecule has 4 rings (SSSR count). The highest BCUT2D eigenvalue weighted by Crippen LogP contribution is 2.35. The summed E-state index contributed by atoms with van der Waals surface area (Å²) in [7, 11) is -3.88. The van der Waals surface area contributed by atoms with Crippen LogP contribution < -0.4 is 5.32 Å². The fourth-order valence-electron chi connectivity index (χ4n) is 3.55. The van der Waals surface area contributed by atoms with Crippen LogP contribution in [0.15, 0.2) is 81.1 Å². The summed E-state index contributed by atoms with van der Waals surface area (Å²) in [5.41, 5.74) is 2.04. The van der Waals surface area contributed by atoms with Crippen molar-refractivity contribution >= 4 is 27.7 Å². The molecule has 1 atom stereocenters. The number of carbonyl (C=O) groups is 1. The number of aryl methyl sites for hydroxylation is 1. The fourth-order valence-corrected chi connectivity index (χ4v) is 6.04. The van der Waals surface area contributed by atoms with Gasteiger partial charge < -0.3 is 9.73 Å². The number of amides is 1. The highest BCUT2D eigenvalue weighted by Gasteiger charge is 2.29. The van der Waals surface area contributed by atoms with E-state index in [-0.39, 0.29) is 29.9 Å². The molecule has 6 nitrogen and oxygen atoms in total. The predicted octanol–water partition coefficient (Wildman–Crippen LogP) is 4.13. The Hall–Kier alpha value is -2.55. The van der Waals surface area contributed by atoms with Gasteiger partial charge in [0.15, 0.2) is 0 Å². The quantitative estimate of drug-likeness (QED) is 0.578. The zero-order valence-electron chi connectivity index (χ0n) is 17.2. The summed E-state index contributed by atoms with van der Waals surface area (Å²) in [5, 5.41) is 3.03. The summed E-state index contributed by atoms with van der Waals surface area (Å²) in [6.45, 7) is 1.58. The van der Waals surface area contributed by atoms with Crippen molar-refractivity contribution in [3.8, 4) is 0 Å². The Bertz CT molecular complexity index is 1140. The zero-order chi connectivity index (χ0) is 21.8. The lowest BCUT2D eigenvalue weighted by atomic mass is 10.0. The Labute approximate surface area is 186 Å². The topological polar surface area (TPSA) is 79.6 Å². The summed E-state index contributed by atoms with van der Waals surface area (Å²) >= 11 is 1.77. The van der Waals surface area contributed by atoms with Gasteiger partial charge in [0.25, 0.3) is 0 Å². The van der Waals surface area contributed by atoms with Gasteiger partial charge in [-0.25, -0.2) is 8.42 Å². The van der Waals surface area contributed by atoms with Crippen LogP contribution in [-0.2, 0) is 21.4 Å². The van der Waals surface area contributed by atoms with Crippen LogP contribution in [-0.4, -0.2) is 30.9 Å². The number of hydrogen-bond acceptors (Lipinski definition) is 5. The summed E-state index contributed by atoms with van der Waals surface area (Å²) in [6.07, 6.45) is 2.29. The van der Waals surface area contributed by atoms with Gasteiger partial charge in [0.1, 0.15) is 5.76 Å². The third-order valence-corrected chi connectivity index (χ3v) is 8.11. The number of benzene rings is 2. The van der Waals surface area contributed by atoms with Gasteiger partial charge in [0, 0.05) is 10.6 Å². The summed E-state index contributed by atoms with van der Waals surface area (Å²) in [4.78, 5) is 14.2. The molecule has 162 valence electrons. The number of rotatable bonds is 7. The summed E-state index contributed by atoms with van der Waals surface area (Å²) in [6, 6.07) is 17.9. The third kappa shape index (κ3) is 5.03. The van der Waals surface area contributed by atoms with Crippen LogP contribution in [0.2, 0.25) is 0 Å². The Morgan fingerprint density at radius 2 is 1.90 bits per heavy atom. The SMILES string of the molecule is Cc1ccc(S(=O)(=O)N(CC(=O)N[C@H]2CCSc3ccccc32)Cc2ccco2)cc1. The molecule has 1 aliphatic heterocycles. The lowest BCUT2D eigenvalue weighted by Crippen LogP contribution is -2.42. The molecule has 31 heavy (non-hydrogen) atoms. The van der Waals surface area contributed by atoms with Gasteiger partial charge in [-0.15, -0.1) is 11.8 Å². The second-order valence-corrected chi connectivity index (χ2v) is 10.5. The van der Waals surface area contributed by atoms with Crippen molar-refractivity contribution in [2.24, 2.45) is 0 Å². The number of fused-ring (bicyclic) bond motifs is 1. The van der Waals surface area contributed by atoms with E-state index >= 15 is 0 Å². The first-order chi connectivity index (χ1) is 14.9. The van der Waals surface area contributed by atoms with E-state index in [1.54, 1.807) is 48.2 Å². The Morgan fingerprint density at radius 1 is 1.13 bits per heavy atom. The van der Waals surface area contributed by atoms with Crippen LogP contribution in [0, 0.1) is 6.92 Å². The van der Waals surface area contributed by atoms with Gasteiger partial charge in [-0.05, 0) is 49.2 Å². The molecule has 8 heteroatoms. The van der Waals surface area contributed by atoms with Crippen LogP contribution in [0.3, 0.4) is 0 Å². The molecular weight excluding hydrogens is 432 g/mol. The molecule has 0 aliphatic carbocycles. The number of furan rings is 1. The maximum Gasteiger partial charge on any atom is 0.243 e. The van der Waals surface area contributed by atoms with Crippen LogP contribution in [0.5, 0.6) is 0 Å². The minimum atomic E-state index is -3.88. The molecule has 1 aliphatic rings. The molecule has 0 spiro atoms. The van der Waals surface area contributed by atoms with Crippen molar-refractivity contribution in [2.45, 2.75) is 35.7 Å². The van der Waals surface area contributed by atoms with Crippen LogP contribution >= 0.6 is 11.8 Å². The van der Waals surface area contributed by atoms with E-state index in [1.165, 1.54) is 6.26 Å². The number of nitrogens with zero attached hydrogens (tertiary/aromatic N) is 1. The largest absolute Gasteiger partial charge is 0.468 e. The van der Waals surface area contributed by atoms with Gasteiger partial charge in [-0.2, -0.15) is 4.31 Å². The molecule has 0 saturated heterocycles. The minimum Gasteiger partial charge on any atom is -0.468 e. The van der Waals surface area contributed by atoms with E-state index in [4.69, 9.17) is 4.42 Å². The molecule has 0 unspecified atom stereocenters. The predicted molar refractivity (Wildman–Crippen MR) is 120 cm³/mol. The van der Waals surface area contributed by atoms with E-state index in [0.717, 1.165) is 32.5 Å². The van der Waals surface area contributed by atoms with Gasteiger partial charge in [-0.3, -0.25) is 4.79 Å². The molecule has 0 bridgehead atoms. The fraction of sp³-hybridized carbons (Fsp3) is 0.261. The first-order valence-electron chi connectivity index (χ1n) is 10.0. The molecule has 0 fully saturated rings. The normalized spacial score (nSPS) is 16.1. The molecule has 0 radical (unpaired) electrons. The minimum absolute atomic E-state index is 0.0201. The first-order valence-corrected chi connectivity index (χ1v) is 12.5. The average Bonchev–Trinajstić information content (AvgIpc) is 3.27. The first kappa shape index (κ1) is 21.7. The Morgan fingerprint density at radius 3 is 2.65 bits per heavy atom. The van der Waals surface area contributed by atoms with Crippen LogP contribution in [0.25, 0.3) is 0 Å². The van der Waals surface area contributed by atoms with E-state index < -0.39 is 10.0 Å². The third-order valence-electron chi connectivity index (χ3n) is 5.18. The second kappa shape index (κ2) is 9.30. The maximum atomic E-state index is 13.3. The molecule has 3 aromatic rings. The molecule has 0 saturated carbocycles. The molecule has 2 heterocycles. The highest BCUT2D eigenvalue weighted by atomic mass is 32.2. The Balaban J connectivity index is 1.55. The average molecular weight is 457 g/mol. The smallest absolute Gasteiger partial charge is 0.243 e. The number of hydrogen-bond donors (Lipinski definition) is 1. The standard InChI is InChI=1S/C23H24N2O4S2/c1-17-8-10-19(11-9-17)31(27,28)25(15-18-5-4-13-29-18)16-23(26)24-21-12-14-30-22-7-3-2-6-20(21)22/h2-11,13,21H,12,14-16H2,1H3,(H,24,26)/t21-/m0/s1. The number of nitrogens with one attached hydrogen (secondary N) is 1. The van der Waals surface area contributed by atoms with E-state index in [9.17, 15) is 13.2 Å². The monoisotopic (exact) mass is 456 g/mol. The maximum absolute atomic E-state index is 13.3. The van der Waals surface area contributed by atoms with Crippen molar-refractivity contribution < 1.29 is 17.6 Å². The van der Waals surface area contributed by atoms with E-state index in [0.29, 0.717) is 5.76 Å². The van der Waals surface area contributed by atoms with Crippen LogP contribution in [0.1, 0.15) is 29.3 Å². The van der Waals surface area contributed by atoms with E-state index in [1.807, 2.05) is 31.2 Å². The number of sulfonamides is 1. The lowest BCUT2D eigenvalue weighted by Gasteiger charge is -2.27. The van der Waals surface area contributed by atoms with Gasteiger partial charge in [0.2, 0.25) is 15.9 Å². The Kier molecular flexibility index (Phi) is 6.50. The molecular formula is C23H24N2O4S2. The van der Waals surface area contributed by atoms with Crippen molar-refractivity contribution in [3.05, 3.63) is 83.8 Å². The second-order valence-electron chi connectivity index (χ2n) is 7.46. The molecule has 2 aromatic carbocycles. The van der Waals surface area contributed by atoms with Crippen molar-refractivity contribution in [3.63, 3.8) is 0 Å². The number of thioether (sulfide) groups is 1. The molecule has 1 N–H and O–H groups in total. The number of carbonyl (C=O) groups excluding carboxylic acids is 1.